The molecule has 1 aromatic carbocycles. The van der Waals surface area contributed by atoms with Gasteiger partial charge in [0.25, 0.3) is 0 Å². The highest BCUT2D eigenvalue weighted by Gasteiger charge is 2.07. The molecule has 2 rings (SSSR count). The summed E-state index contributed by atoms with van der Waals surface area (Å²) in [7, 11) is 0. The zero-order chi connectivity index (χ0) is 13.7. The minimum atomic E-state index is 0.407. The first-order valence-corrected chi connectivity index (χ1v) is 6.68. The molecule has 1 aromatic heterocycles. The van der Waals surface area contributed by atoms with Crippen molar-refractivity contribution in [2.45, 2.75) is 32.7 Å². The lowest BCUT2D eigenvalue weighted by Crippen LogP contribution is -2.08. The number of benzene rings is 1. The molecule has 0 aliphatic heterocycles. The smallest absolute Gasteiger partial charge is 0.121 e. The lowest BCUT2D eigenvalue weighted by molar-refractivity contribution is 0.299. The third kappa shape index (κ3) is 3.74. The van der Waals surface area contributed by atoms with Crippen LogP contribution in [0.2, 0.25) is 0 Å². The fraction of sp³-hybridized carbons (Fsp3) is 0.400. The molecule has 0 amide bonds. The summed E-state index contributed by atoms with van der Waals surface area (Å²) in [6.45, 7) is 5.68. The van der Waals surface area contributed by atoms with Gasteiger partial charge in [0, 0.05) is 19.0 Å². The molecule has 0 saturated heterocycles. The highest BCUT2D eigenvalue weighted by Crippen LogP contribution is 2.16. The van der Waals surface area contributed by atoms with Gasteiger partial charge in [-0.1, -0.05) is 32.0 Å². The van der Waals surface area contributed by atoms with Crippen LogP contribution >= 0.6 is 0 Å². The average Bonchev–Trinajstić information content (AvgIpc) is 2.78. The van der Waals surface area contributed by atoms with Gasteiger partial charge in [0.05, 0.1) is 12.3 Å². The molecular formula is C15H21N3O. The van der Waals surface area contributed by atoms with Crippen LogP contribution in [0.5, 0.6) is 5.75 Å². The van der Waals surface area contributed by atoms with Gasteiger partial charge >= 0.3 is 0 Å². The van der Waals surface area contributed by atoms with E-state index >= 15 is 0 Å². The zero-order valence-electron chi connectivity index (χ0n) is 11.5. The van der Waals surface area contributed by atoms with Crippen LogP contribution in [0.15, 0.2) is 36.4 Å². The van der Waals surface area contributed by atoms with E-state index in [1.165, 1.54) is 0 Å². The van der Waals surface area contributed by atoms with Crippen molar-refractivity contribution in [2.75, 3.05) is 12.3 Å². The van der Waals surface area contributed by atoms with Gasteiger partial charge in [-0.15, -0.1) is 0 Å². The Balaban J connectivity index is 1.80. The van der Waals surface area contributed by atoms with E-state index in [2.05, 4.69) is 18.9 Å². The van der Waals surface area contributed by atoms with E-state index in [4.69, 9.17) is 10.5 Å². The SMILES string of the molecule is CC(C)c1cc(N)n(CCCOc2ccccc2)n1. The summed E-state index contributed by atoms with van der Waals surface area (Å²) in [4.78, 5) is 0. The number of aryl methyl sites for hydroxylation is 1. The molecule has 19 heavy (non-hydrogen) atoms. The molecule has 0 aliphatic carbocycles. The highest BCUT2D eigenvalue weighted by molar-refractivity contribution is 5.31. The maximum absolute atomic E-state index is 5.93. The summed E-state index contributed by atoms with van der Waals surface area (Å²) >= 11 is 0. The summed E-state index contributed by atoms with van der Waals surface area (Å²) in [6.07, 6.45) is 0.887. The molecule has 2 N–H and O–H groups in total. The molecule has 0 atom stereocenters. The van der Waals surface area contributed by atoms with Crippen molar-refractivity contribution >= 4 is 5.82 Å². The molecule has 4 heteroatoms. The Bertz CT molecular complexity index is 505. The molecular weight excluding hydrogens is 238 g/mol. The van der Waals surface area contributed by atoms with Crippen LogP contribution in [-0.2, 0) is 6.54 Å². The Kier molecular flexibility index (Phi) is 4.44. The van der Waals surface area contributed by atoms with E-state index in [1.54, 1.807) is 0 Å². The van der Waals surface area contributed by atoms with Gasteiger partial charge in [-0.05, 0) is 18.1 Å². The van der Waals surface area contributed by atoms with Crippen molar-refractivity contribution < 1.29 is 4.74 Å². The average molecular weight is 259 g/mol. The second-order valence-electron chi connectivity index (χ2n) is 4.89. The number of nitrogens with two attached hydrogens (primary N) is 1. The van der Waals surface area contributed by atoms with Crippen LogP contribution in [0.4, 0.5) is 5.82 Å². The largest absolute Gasteiger partial charge is 0.494 e. The number of para-hydroxylation sites is 1. The molecule has 0 aliphatic rings. The number of rotatable bonds is 6. The quantitative estimate of drug-likeness (QED) is 0.811. The van der Waals surface area contributed by atoms with Crippen LogP contribution in [0.25, 0.3) is 0 Å². The second-order valence-corrected chi connectivity index (χ2v) is 4.89. The highest BCUT2D eigenvalue weighted by atomic mass is 16.5. The van der Waals surface area contributed by atoms with Gasteiger partial charge in [0.15, 0.2) is 0 Å². The molecule has 0 saturated carbocycles. The zero-order valence-corrected chi connectivity index (χ0v) is 11.5. The van der Waals surface area contributed by atoms with Crippen molar-refractivity contribution in [3.63, 3.8) is 0 Å². The molecule has 0 unspecified atom stereocenters. The van der Waals surface area contributed by atoms with E-state index < -0.39 is 0 Å². The number of nitrogen functional groups attached to an aromatic ring is 1. The van der Waals surface area contributed by atoms with Crippen LogP contribution in [-0.4, -0.2) is 16.4 Å². The molecule has 1 heterocycles. The molecule has 2 aromatic rings. The van der Waals surface area contributed by atoms with Gasteiger partial charge in [-0.25, -0.2) is 4.68 Å². The van der Waals surface area contributed by atoms with Crippen LogP contribution in [0.3, 0.4) is 0 Å². The van der Waals surface area contributed by atoms with Gasteiger partial charge < -0.3 is 10.5 Å². The van der Waals surface area contributed by atoms with Crippen LogP contribution < -0.4 is 10.5 Å². The summed E-state index contributed by atoms with van der Waals surface area (Å²) in [5.41, 5.74) is 6.98. The molecule has 0 bridgehead atoms. The van der Waals surface area contributed by atoms with Gasteiger partial charge in [-0.2, -0.15) is 5.10 Å². The maximum atomic E-state index is 5.93. The van der Waals surface area contributed by atoms with Crippen molar-refractivity contribution in [3.8, 4) is 5.75 Å². The third-order valence-electron chi connectivity index (χ3n) is 2.95. The van der Waals surface area contributed by atoms with E-state index in [9.17, 15) is 0 Å². The Morgan fingerprint density at radius 2 is 2.00 bits per heavy atom. The maximum Gasteiger partial charge on any atom is 0.121 e. The first-order valence-electron chi connectivity index (χ1n) is 6.68. The number of hydrogen-bond donors (Lipinski definition) is 1. The Morgan fingerprint density at radius 3 is 2.63 bits per heavy atom. The molecule has 0 spiro atoms. The van der Waals surface area contributed by atoms with E-state index in [0.717, 1.165) is 30.2 Å². The van der Waals surface area contributed by atoms with E-state index in [-0.39, 0.29) is 0 Å². The fourth-order valence-corrected chi connectivity index (χ4v) is 1.83. The number of nitrogens with zero attached hydrogens (tertiary/aromatic N) is 2. The molecule has 0 radical (unpaired) electrons. The molecule has 0 fully saturated rings. The minimum Gasteiger partial charge on any atom is -0.494 e. The monoisotopic (exact) mass is 259 g/mol. The van der Waals surface area contributed by atoms with Gasteiger partial charge in [-0.3, -0.25) is 0 Å². The molecule has 4 nitrogen and oxygen atoms in total. The fourth-order valence-electron chi connectivity index (χ4n) is 1.83. The number of ether oxygens (including phenoxy) is 1. The first-order chi connectivity index (χ1) is 9.16. The first kappa shape index (κ1) is 13.5. The third-order valence-corrected chi connectivity index (χ3v) is 2.95. The van der Waals surface area contributed by atoms with Gasteiger partial charge in [0.1, 0.15) is 11.6 Å². The number of anilines is 1. The summed E-state index contributed by atoms with van der Waals surface area (Å²) in [5, 5.41) is 4.49. The normalized spacial score (nSPS) is 10.9. The van der Waals surface area contributed by atoms with Crippen LogP contribution in [0.1, 0.15) is 31.9 Å². The Labute approximate surface area is 114 Å². The summed E-state index contributed by atoms with van der Waals surface area (Å²) in [6, 6.07) is 11.8. The number of hydrogen-bond acceptors (Lipinski definition) is 3. The lowest BCUT2D eigenvalue weighted by atomic mass is 10.1. The predicted octanol–water partition coefficient (Wildman–Crippen LogP) is 3.06. The van der Waals surface area contributed by atoms with Crippen molar-refractivity contribution in [1.29, 1.82) is 0 Å². The Hall–Kier alpha value is -1.97. The number of aromatic nitrogens is 2. The standard InChI is InChI=1S/C15H21N3O/c1-12(2)14-11-15(16)18(17-14)9-6-10-19-13-7-4-3-5-8-13/h3-5,7-8,11-12H,6,9-10,16H2,1-2H3. The summed E-state index contributed by atoms with van der Waals surface area (Å²) < 4.78 is 7.49. The lowest BCUT2D eigenvalue weighted by Gasteiger charge is -2.07. The minimum absolute atomic E-state index is 0.407. The van der Waals surface area contributed by atoms with E-state index in [0.29, 0.717) is 12.5 Å². The second kappa shape index (κ2) is 6.27. The van der Waals surface area contributed by atoms with Gasteiger partial charge in [0.2, 0.25) is 0 Å². The van der Waals surface area contributed by atoms with E-state index in [1.807, 2.05) is 41.1 Å². The molecule has 102 valence electrons. The van der Waals surface area contributed by atoms with Crippen molar-refractivity contribution in [1.82, 2.24) is 9.78 Å². The van der Waals surface area contributed by atoms with Crippen molar-refractivity contribution in [2.24, 2.45) is 0 Å². The predicted molar refractivity (Wildman–Crippen MR) is 77.3 cm³/mol. The van der Waals surface area contributed by atoms with Crippen LogP contribution in [0, 0.1) is 0 Å². The van der Waals surface area contributed by atoms with Crippen molar-refractivity contribution in [3.05, 3.63) is 42.1 Å². The summed E-state index contributed by atoms with van der Waals surface area (Å²) in [5.74, 6) is 2.03. The Morgan fingerprint density at radius 1 is 1.26 bits per heavy atom. The topological polar surface area (TPSA) is 53.1 Å².